The minimum absolute atomic E-state index is 0.0206. The number of nitrogen functional groups attached to an aromatic ring is 1. The zero-order valence-corrected chi connectivity index (χ0v) is 10.1. The predicted octanol–water partition coefficient (Wildman–Crippen LogP) is 1.68. The maximum Gasteiger partial charge on any atom is 0.352 e. The number of ketones is 1. The first-order valence-electron chi connectivity index (χ1n) is 5.39. The van der Waals surface area contributed by atoms with E-state index < -0.39 is 17.6 Å². The summed E-state index contributed by atoms with van der Waals surface area (Å²) >= 11 is 0. The monoisotopic (exact) mass is 262 g/mol. The van der Waals surface area contributed by atoms with Crippen LogP contribution in [-0.2, 0) is 7.05 Å². The second-order valence-electron chi connectivity index (χ2n) is 4.13. The van der Waals surface area contributed by atoms with Crippen LogP contribution in [0.25, 0.3) is 0 Å². The van der Waals surface area contributed by atoms with Crippen molar-refractivity contribution < 1.29 is 19.1 Å². The molecule has 0 bridgehead atoms. The number of aromatic carboxylic acids is 1. The summed E-state index contributed by atoms with van der Waals surface area (Å²) in [5, 5.41) is 8.91. The fourth-order valence-corrected chi connectivity index (χ4v) is 1.81. The molecule has 0 saturated heterocycles. The summed E-state index contributed by atoms with van der Waals surface area (Å²) in [7, 11) is 1.51. The molecule has 19 heavy (non-hydrogen) atoms. The lowest BCUT2D eigenvalue weighted by Crippen LogP contribution is -2.02. The van der Waals surface area contributed by atoms with Gasteiger partial charge in [0.1, 0.15) is 11.5 Å². The van der Waals surface area contributed by atoms with Crippen LogP contribution in [0, 0.1) is 5.82 Å². The summed E-state index contributed by atoms with van der Waals surface area (Å²) in [6, 6.07) is 4.75. The van der Waals surface area contributed by atoms with E-state index in [9.17, 15) is 14.0 Å². The molecule has 1 heterocycles. The number of benzene rings is 1. The molecule has 0 atom stereocenters. The van der Waals surface area contributed by atoms with E-state index in [1.165, 1.54) is 29.9 Å². The molecular formula is C13H11FN2O3. The minimum Gasteiger partial charge on any atom is -0.477 e. The summed E-state index contributed by atoms with van der Waals surface area (Å²) in [4.78, 5) is 23.0. The van der Waals surface area contributed by atoms with E-state index in [0.717, 1.165) is 12.1 Å². The van der Waals surface area contributed by atoms with Crippen LogP contribution >= 0.6 is 0 Å². The normalized spacial score (nSPS) is 10.4. The molecule has 6 heteroatoms. The Balaban J connectivity index is 2.44. The summed E-state index contributed by atoms with van der Waals surface area (Å²) in [5.74, 6) is -2.23. The van der Waals surface area contributed by atoms with E-state index in [1.54, 1.807) is 0 Å². The number of carboxylic acid groups (broad SMARTS) is 1. The topological polar surface area (TPSA) is 85.3 Å². The highest BCUT2D eigenvalue weighted by Gasteiger charge is 2.17. The Morgan fingerprint density at radius 1 is 1.21 bits per heavy atom. The molecule has 0 aliphatic heterocycles. The Bertz CT molecular complexity index is 656. The van der Waals surface area contributed by atoms with Crippen molar-refractivity contribution in [1.29, 1.82) is 0 Å². The first kappa shape index (κ1) is 12.8. The molecule has 1 aromatic carbocycles. The Morgan fingerprint density at radius 3 is 2.42 bits per heavy atom. The number of carbonyl (C=O) groups is 2. The maximum atomic E-state index is 13.2. The first-order chi connectivity index (χ1) is 8.88. The SMILES string of the molecule is Cn1cc(C(=O)c2cc(N)cc(F)c2)cc1C(=O)O. The van der Waals surface area contributed by atoms with Gasteiger partial charge in [0.25, 0.3) is 0 Å². The van der Waals surface area contributed by atoms with E-state index in [-0.39, 0.29) is 22.5 Å². The lowest BCUT2D eigenvalue weighted by molar-refractivity contribution is 0.0686. The summed E-state index contributed by atoms with van der Waals surface area (Å²) in [6.07, 6.45) is 1.38. The predicted molar refractivity (Wildman–Crippen MR) is 66.6 cm³/mol. The van der Waals surface area contributed by atoms with Gasteiger partial charge in [0.05, 0.1) is 0 Å². The van der Waals surface area contributed by atoms with Gasteiger partial charge in [0, 0.05) is 30.1 Å². The van der Waals surface area contributed by atoms with E-state index in [0.29, 0.717) is 0 Å². The van der Waals surface area contributed by atoms with E-state index >= 15 is 0 Å². The third-order valence-electron chi connectivity index (χ3n) is 2.67. The molecule has 0 radical (unpaired) electrons. The van der Waals surface area contributed by atoms with Gasteiger partial charge in [0.2, 0.25) is 0 Å². The van der Waals surface area contributed by atoms with Crippen LogP contribution in [0.4, 0.5) is 10.1 Å². The van der Waals surface area contributed by atoms with Crippen LogP contribution in [-0.4, -0.2) is 21.4 Å². The zero-order chi connectivity index (χ0) is 14.2. The van der Waals surface area contributed by atoms with Crippen molar-refractivity contribution >= 4 is 17.4 Å². The number of nitrogens with two attached hydrogens (primary N) is 1. The largest absolute Gasteiger partial charge is 0.477 e. The third kappa shape index (κ3) is 2.47. The summed E-state index contributed by atoms with van der Waals surface area (Å²) in [6.45, 7) is 0. The number of aromatic nitrogens is 1. The van der Waals surface area contributed by atoms with Crippen molar-refractivity contribution in [3.05, 3.63) is 53.1 Å². The molecular weight excluding hydrogens is 251 g/mol. The second-order valence-corrected chi connectivity index (χ2v) is 4.13. The number of aryl methyl sites for hydroxylation is 1. The Morgan fingerprint density at radius 2 is 1.89 bits per heavy atom. The Labute approximate surface area is 108 Å². The van der Waals surface area contributed by atoms with Crippen molar-refractivity contribution in [1.82, 2.24) is 4.57 Å². The number of anilines is 1. The number of hydrogen-bond donors (Lipinski definition) is 2. The van der Waals surface area contributed by atoms with Gasteiger partial charge in [-0.2, -0.15) is 0 Å². The number of rotatable bonds is 3. The third-order valence-corrected chi connectivity index (χ3v) is 2.67. The van der Waals surface area contributed by atoms with Gasteiger partial charge in [-0.05, 0) is 24.3 Å². The Kier molecular flexibility index (Phi) is 3.08. The quantitative estimate of drug-likeness (QED) is 0.651. The van der Waals surface area contributed by atoms with Crippen molar-refractivity contribution in [3.8, 4) is 0 Å². The van der Waals surface area contributed by atoms with Crippen LogP contribution in [0.2, 0.25) is 0 Å². The lowest BCUT2D eigenvalue weighted by Gasteiger charge is -2.00. The average molecular weight is 262 g/mol. The standard InChI is InChI=1S/C13H11FN2O3/c1-16-6-8(4-11(16)13(18)19)12(17)7-2-9(14)5-10(15)3-7/h2-6H,15H2,1H3,(H,18,19). The molecule has 3 N–H and O–H groups in total. The molecule has 98 valence electrons. The van der Waals surface area contributed by atoms with Gasteiger partial charge < -0.3 is 15.4 Å². The van der Waals surface area contributed by atoms with Crippen molar-refractivity contribution in [3.63, 3.8) is 0 Å². The van der Waals surface area contributed by atoms with Crippen molar-refractivity contribution in [2.75, 3.05) is 5.73 Å². The maximum absolute atomic E-state index is 13.2. The zero-order valence-electron chi connectivity index (χ0n) is 10.1. The van der Waals surface area contributed by atoms with E-state index in [2.05, 4.69) is 0 Å². The summed E-state index contributed by atoms with van der Waals surface area (Å²) < 4.78 is 14.5. The Hall–Kier alpha value is -2.63. The highest BCUT2D eigenvalue weighted by Crippen LogP contribution is 2.17. The molecule has 2 rings (SSSR count). The minimum atomic E-state index is -1.14. The van der Waals surface area contributed by atoms with Crippen LogP contribution in [0.5, 0.6) is 0 Å². The smallest absolute Gasteiger partial charge is 0.352 e. The molecule has 1 aromatic heterocycles. The molecule has 0 saturated carbocycles. The molecule has 2 aromatic rings. The molecule has 0 unspecified atom stereocenters. The number of hydrogen-bond acceptors (Lipinski definition) is 3. The molecule has 0 aliphatic carbocycles. The fraction of sp³-hybridized carbons (Fsp3) is 0.0769. The molecule has 5 nitrogen and oxygen atoms in total. The van der Waals surface area contributed by atoms with Crippen LogP contribution in [0.1, 0.15) is 26.4 Å². The average Bonchev–Trinajstić information content (AvgIpc) is 2.69. The number of nitrogens with zero attached hydrogens (tertiary/aromatic N) is 1. The lowest BCUT2D eigenvalue weighted by atomic mass is 10.1. The van der Waals surface area contributed by atoms with Crippen molar-refractivity contribution in [2.24, 2.45) is 7.05 Å². The molecule has 0 fully saturated rings. The molecule has 0 amide bonds. The number of carbonyl (C=O) groups excluding carboxylic acids is 1. The van der Waals surface area contributed by atoms with E-state index in [4.69, 9.17) is 10.8 Å². The number of carboxylic acids is 1. The van der Waals surface area contributed by atoms with Gasteiger partial charge >= 0.3 is 5.97 Å². The van der Waals surface area contributed by atoms with Crippen molar-refractivity contribution in [2.45, 2.75) is 0 Å². The van der Waals surface area contributed by atoms with Gasteiger partial charge in [0.15, 0.2) is 5.78 Å². The van der Waals surface area contributed by atoms with Gasteiger partial charge in [-0.3, -0.25) is 4.79 Å². The molecule has 0 aliphatic rings. The highest BCUT2D eigenvalue weighted by molar-refractivity contribution is 6.10. The van der Waals surface area contributed by atoms with Gasteiger partial charge in [-0.1, -0.05) is 0 Å². The first-order valence-corrected chi connectivity index (χ1v) is 5.39. The number of halogens is 1. The van der Waals surface area contributed by atoms with Gasteiger partial charge in [-0.15, -0.1) is 0 Å². The van der Waals surface area contributed by atoms with Crippen LogP contribution in [0.15, 0.2) is 30.5 Å². The summed E-state index contributed by atoms with van der Waals surface area (Å²) in [5.41, 5.74) is 5.84. The van der Waals surface area contributed by atoms with Crippen LogP contribution in [0.3, 0.4) is 0 Å². The van der Waals surface area contributed by atoms with E-state index in [1.807, 2.05) is 0 Å². The highest BCUT2D eigenvalue weighted by atomic mass is 19.1. The second kappa shape index (κ2) is 4.56. The van der Waals surface area contributed by atoms with Gasteiger partial charge in [-0.25, -0.2) is 9.18 Å². The molecule has 0 spiro atoms. The fourth-order valence-electron chi connectivity index (χ4n) is 1.81. The van der Waals surface area contributed by atoms with Crippen LogP contribution < -0.4 is 5.73 Å².